The molecule has 0 aliphatic rings. The van der Waals surface area contributed by atoms with Crippen LogP contribution >= 0.6 is 11.3 Å². The Labute approximate surface area is 116 Å². The molecule has 0 atom stereocenters. The van der Waals surface area contributed by atoms with Crippen molar-refractivity contribution >= 4 is 11.3 Å². The highest BCUT2D eigenvalue weighted by molar-refractivity contribution is 7.12. The zero-order valence-electron chi connectivity index (χ0n) is 12.5. The van der Waals surface area contributed by atoms with Crippen LogP contribution in [0.15, 0.2) is 6.07 Å². The lowest BCUT2D eigenvalue weighted by atomic mass is 9.92. The Balaban J connectivity index is 3.02. The molecule has 1 rings (SSSR count). The standard InChI is InChI=1S/C15H28N2S/c1-14(2,3)12-10-11(8-6-7-9-16)13(18-12)15(4,5)17/h10H,6-9,16-17H2,1-5H3. The second-order valence-electron chi connectivity index (χ2n) is 6.68. The van der Waals surface area contributed by atoms with Crippen LogP contribution in [0.3, 0.4) is 0 Å². The predicted molar refractivity (Wildman–Crippen MR) is 82.2 cm³/mol. The number of unbranched alkanes of at least 4 members (excludes halogenated alkanes) is 1. The van der Waals surface area contributed by atoms with Gasteiger partial charge in [-0.25, -0.2) is 0 Å². The third kappa shape index (κ3) is 4.08. The first-order valence-electron chi connectivity index (χ1n) is 6.79. The second-order valence-corrected chi connectivity index (χ2v) is 7.73. The lowest BCUT2D eigenvalue weighted by molar-refractivity contribution is 0.559. The van der Waals surface area contributed by atoms with Crippen molar-refractivity contribution in [3.05, 3.63) is 21.4 Å². The molecule has 18 heavy (non-hydrogen) atoms. The van der Waals surface area contributed by atoms with Crippen molar-refractivity contribution in [2.75, 3.05) is 6.54 Å². The smallest absolute Gasteiger partial charge is 0.0449 e. The predicted octanol–water partition coefficient (Wildman–Crippen LogP) is 3.52. The lowest BCUT2D eigenvalue weighted by Gasteiger charge is -2.19. The van der Waals surface area contributed by atoms with Gasteiger partial charge in [0.25, 0.3) is 0 Å². The normalized spacial score (nSPS) is 13.1. The SMILES string of the molecule is CC(C)(C)c1cc(CCCCN)c(C(C)(C)N)s1. The molecule has 0 amide bonds. The average molecular weight is 268 g/mol. The van der Waals surface area contributed by atoms with Crippen LogP contribution in [-0.4, -0.2) is 6.54 Å². The molecule has 0 unspecified atom stereocenters. The topological polar surface area (TPSA) is 52.0 Å². The van der Waals surface area contributed by atoms with E-state index in [9.17, 15) is 0 Å². The lowest BCUT2D eigenvalue weighted by Crippen LogP contribution is -2.28. The molecule has 2 nitrogen and oxygen atoms in total. The summed E-state index contributed by atoms with van der Waals surface area (Å²) in [5.41, 5.74) is 13.3. The van der Waals surface area contributed by atoms with Crippen molar-refractivity contribution in [3.8, 4) is 0 Å². The zero-order valence-corrected chi connectivity index (χ0v) is 13.3. The monoisotopic (exact) mass is 268 g/mol. The van der Waals surface area contributed by atoms with Gasteiger partial charge < -0.3 is 11.5 Å². The van der Waals surface area contributed by atoms with Crippen molar-refractivity contribution in [1.82, 2.24) is 0 Å². The van der Waals surface area contributed by atoms with Crippen molar-refractivity contribution in [2.24, 2.45) is 11.5 Å². The minimum Gasteiger partial charge on any atom is -0.330 e. The van der Waals surface area contributed by atoms with Gasteiger partial charge in [0.1, 0.15) is 0 Å². The molecule has 0 radical (unpaired) electrons. The summed E-state index contributed by atoms with van der Waals surface area (Å²) >= 11 is 1.88. The van der Waals surface area contributed by atoms with E-state index in [0.717, 1.165) is 25.8 Å². The molecule has 4 N–H and O–H groups in total. The first kappa shape index (κ1) is 15.7. The van der Waals surface area contributed by atoms with Crippen LogP contribution in [-0.2, 0) is 17.4 Å². The third-order valence-corrected chi connectivity index (χ3v) is 4.98. The van der Waals surface area contributed by atoms with E-state index in [4.69, 9.17) is 11.5 Å². The van der Waals surface area contributed by atoms with E-state index in [1.54, 1.807) is 0 Å². The van der Waals surface area contributed by atoms with Crippen LogP contribution in [0.2, 0.25) is 0 Å². The maximum Gasteiger partial charge on any atom is 0.0449 e. The summed E-state index contributed by atoms with van der Waals surface area (Å²) in [7, 11) is 0. The zero-order chi connectivity index (χ0) is 14.0. The quantitative estimate of drug-likeness (QED) is 0.803. The number of aryl methyl sites for hydroxylation is 1. The molecule has 0 bridgehead atoms. The van der Waals surface area contributed by atoms with Gasteiger partial charge in [0.15, 0.2) is 0 Å². The Hall–Kier alpha value is -0.380. The fourth-order valence-electron chi connectivity index (χ4n) is 1.99. The molecule has 0 aliphatic heterocycles. The molecule has 0 aromatic carbocycles. The average Bonchev–Trinajstić information content (AvgIpc) is 2.61. The second kappa shape index (κ2) is 5.72. The summed E-state index contributed by atoms with van der Waals surface area (Å²) in [4.78, 5) is 2.77. The number of rotatable bonds is 5. The van der Waals surface area contributed by atoms with E-state index in [1.165, 1.54) is 15.3 Å². The summed E-state index contributed by atoms with van der Waals surface area (Å²) < 4.78 is 0. The van der Waals surface area contributed by atoms with Gasteiger partial charge in [-0.15, -0.1) is 11.3 Å². The van der Waals surface area contributed by atoms with Gasteiger partial charge >= 0.3 is 0 Å². The summed E-state index contributed by atoms with van der Waals surface area (Å²) in [5, 5.41) is 0. The molecule has 3 heteroatoms. The Morgan fingerprint density at radius 3 is 2.17 bits per heavy atom. The molecular weight excluding hydrogens is 240 g/mol. The van der Waals surface area contributed by atoms with E-state index < -0.39 is 0 Å². The van der Waals surface area contributed by atoms with E-state index in [0.29, 0.717) is 0 Å². The van der Waals surface area contributed by atoms with E-state index in [1.807, 2.05) is 11.3 Å². The Morgan fingerprint density at radius 2 is 1.72 bits per heavy atom. The van der Waals surface area contributed by atoms with Crippen LogP contribution in [0.1, 0.15) is 62.8 Å². The highest BCUT2D eigenvalue weighted by atomic mass is 32.1. The van der Waals surface area contributed by atoms with Gasteiger partial charge in [-0.05, 0) is 56.7 Å². The van der Waals surface area contributed by atoms with Gasteiger partial charge in [-0.1, -0.05) is 20.8 Å². The minimum atomic E-state index is -0.244. The van der Waals surface area contributed by atoms with Crippen LogP contribution in [0.5, 0.6) is 0 Å². The van der Waals surface area contributed by atoms with Crippen molar-refractivity contribution in [1.29, 1.82) is 0 Å². The van der Waals surface area contributed by atoms with E-state index in [2.05, 4.69) is 40.7 Å². The van der Waals surface area contributed by atoms with Gasteiger partial charge in [0.2, 0.25) is 0 Å². The third-order valence-electron chi connectivity index (χ3n) is 3.03. The Morgan fingerprint density at radius 1 is 1.11 bits per heavy atom. The number of nitrogens with two attached hydrogens (primary N) is 2. The maximum atomic E-state index is 6.30. The first-order chi connectivity index (χ1) is 8.16. The molecule has 0 spiro atoms. The highest BCUT2D eigenvalue weighted by Crippen LogP contribution is 2.37. The molecule has 0 aliphatic carbocycles. The van der Waals surface area contributed by atoms with Gasteiger partial charge in [-0.2, -0.15) is 0 Å². The number of thiophene rings is 1. The fraction of sp³-hybridized carbons (Fsp3) is 0.733. The summed E-state index contributed by atoms with van der Waals surface area (Å²) in [5.74, 6) is 0. The van der Waals surface area contributed by atoms with Crippen LogP contribution < -0.4 is 11.5 Å². The molecule has 1 aromatic rings. The summed E-state index contributed by atoms with van der Waals surface area (Å²) in [6.45, 7) is 11.7. The number of hydrogen-bond donors (Lipinski definition) is 2. The maximum absolute atomic E-state index is 6.30. The Bertz CT molecular complexity index is 380. The molecule has 0 fully saturated rings. The molecular formula is C15H28N2S. The van der Waals surface area contributed by atoms with Crippen LogP contribution in [0.4, 0.5) is 0 Å². The highest BCUT2D eigenvalue weighted by Gasteiger charge is 2.25. The molecule has 0 saturated carbocycles. The largest absolute Gasteiger partial charge is 0.330 e. The number of hydrogen-bond acceptors (Lipinski definition) is 3. The molecule has 104 valence electrons. The van der Waals surface area contributed by atoms with Crippen molar-refractivity contribution < 1.29 is 0 Å². The van der Waals surface area contributed by atoms with Crippen LogP contribution in [0, 0.1) is 0 Å². The molecule has 0 saturated heterocycles. The Kier molecular flexibility index (Phi) is 4.98. The van der Waals surface area contributed by atoms with E-state index in [-0.39, 0.29) is 11.0 Å². The van der Waals surface area contributed by atoms with Gasteiger partial charge in [0.05, 0.1) is 0 Å². The van der Waals surface area contributed by atoms with Crippen molar-refractivity contribution in [2.45, 2.75) is 64.8 Å². The summed E-state index contributed by atoms with van der Waals surface area (Å²) in [6, 6.07) is 2.35. The minimum absolute atomic E-state index is 0.205. The fourth-order valence-corrected chi connectivity index (χ4v) is 3.27. The van der Waals surface area contributed by atoms with Crippen molar-refractivity contribution in [3.63, 3.8) is 0 Å². The molecule has 1 aromatic heterocycles. The van der Waals surface area contributed by atoms with E-state index >= 15 is 0 Å². The molecule has 1 heterocycles. The van der Waals surface area contributed by atoms with Crippen LogP contribution in [0.25, 0.3) is 0 Å². The van der Waals surface area contributed by atoms with Gasteiger partial charge in [-0.3, -0.25) is 0 Å². The summed E-state index contributed by atoms with van der Waals surface area (Å²) in [6.07, 6.45) is 3.34. The van der Waals surface area contributed by atoms with Gasteiger partial charge in [0, 0.05) is 15.3 Å². The first-order valence-corrected chi connectivity index (χ1v) is 7.60.